The van der Waals surface area contributed by atoms with E-state index in [0.29, 0.717) is 23.8 Å². The lowest BCUT2D eigenvalue weighted by molar-refractivity contribution is 0.359. The molecule has 0 aliphatic rings. The Bertz CT molecular complexity index is 1240. The number of rotatable bonds is 12. The number of methoxy groups -OCH3 is 3. The molecule has 0 bridgehead atoms. The number of para-hydroxylation sites is 2. The second kappa shape index (κ2) is 12.5. The summed E-state index contributed by atoms with van der Waals surface area (Å²) in [6.45, 7) is 1.34. The molecule has 0 fully saturated rings. The van der Waals surface area contributed by atoms with Gasteiger partial charge in [-0.25, -0.2) is 0 Å². The second-order valence-corrected chi connectivity index (χ2v) is 8.13. The van der Waals surface area contributed by atoms with Crippen molar-refractivity contribution in [2.24, 2.45) is 0 Å². The Hall–Kier alpha value is -4.16. The quantitative estimate of drug-likeness (QED) is 0.222. The molecule has 0 saturated carbocycles. The molecule has 0 unspecified atom stereocenters. The van der Waals surface area contributed by atoms with Gasteiger partial charge in [-0.2, -0.15) is 0 Å². The third kappa shape index (κ3) is 6.29. The zero-order chi connectivity index (χ0) is 25.2. The smallest absolute Gasteiger partial charge is 0.169 e. The van der Waals surface area contributed by atoms with E-state index in [-0.39, 0.29) is 0 Å². The molecule has 0 aliphatic heterocycles. The first-order chi connectivity index (χ1) is 17.7. The molecular formula is C30H32N2O4. The van der Waals surface area contributed by atoms with Crippen LogP contribution in [0.4, 0.5) is 11.4 Å². The van der Waals surface area contributed by atoms with Crippen LogP contribution in [-0.4, -0.2) is 27.9 Å². The van der Waals surface area contributed by atoms with Gasteiger partial charge in [0, 0.05) is 17.9 Å². The molecule has 36 heavy (non-hydrogen) atoms. The van der Waals surface area contributed by atoms with Crippen molar-refractivity contribution in [2.45, 2.75) is 13.0 Å². The van der Waals surface area contributed by atoms with Gasteiger partial charge in [-0.05, 0) is 73.1 Å². The van der Waals surface area contributed by atoms with Crippen LogP contribution in [-0.2, 0) is 13.0 Å². The Morgan fingerprint density at radius 3 is 2.00 bits per heavy atom. The normalized spacial score (nSPS) is 10.5. The Morgan fingerprint density at radius 2 is 1.28 bits per heavy atom. The van der Waals surface area contributed by atoms with Crippen LogP contribution in [0.15, 0.2) is 91.0 Å². The lowest BCUT2D eigenvalue weighted by Gasteiger charge is -2.18. The molecule has 4 aromatic carbocycles. The van der Waals surface area contributed by atoms with Crippen LogP contribution in [0.5, 0.6) is 28.7 Å². The highest BCUT2D eigenvalue weighted by atomic mass is 16.5. The van der Waals surface area contributed by atoms with Gasteiger partial charge in [0.15, 0.2) is 11.5 Å². The minimum absolute atomic E-state index is 0.568. The summed E-state index contributed by atoms with van der Waals surface area (Å²) >= 11 is 0. The van der Waals surface area contributed by atoms with E-state index in [9.17, 15) is 0 Å². The minimum Gasteiger partial charge on any atom is -0.496 e. The molecule has 0 aliphatic carbocycles. The lowest BCUT2D eigenvalue weighted by atomic mass is 10.1. The standard InChI is InChI=1S/C30H32N2O4/c1-33-27-12-8-7-9-22(27)19-20-31-21-26-28(34-2)17-18-29(30(26)35-3)36-25-15-13-24(14-16-25)32-23-10-5-4-6-11-23/h4-18,31-32H,19-21H2,1-3H3. The lowest BCUT2D eigenvalue weighted by Crippen LogP contribution is -2.18. The fraction of sp³-hybridized carbons (Fsp3) is 0.200. The summed E-state index contributed by atoms with van der Waals surface area (Å²) in [5.41, 5.74) is 4.08. The topological polar surface area (TPSA) is 61.0 Å². The van der Waals surface area contributed by atoms with E-state index < -0.39 is 0 Å². The van der Waals surface area contributed by atoms with Crippen molar-refractivity contribution >= 4 is 11.4 Å². The van der Waals surface area contributed by atoms with E-state index in [1.54, 1.807) is 21.3 Å². The average molecular weight is 485 g/mol. The Balaban J connectivity index is 1.44. The molecule has 186 valence electrons. The van der Waals surface area contributed by atoms with E-state index in [2.05, 4.69) is 16.7 Å². The molecule has 4 rings (SSSR count). The van der Waals surface area contributed by atoms with Crippen LogP contribution in [0.25, 0.3) is 0 Å². The van der Waals surface area contributed by atoms with E-state index in [4.69, 9.17) is 18.9 Å². The van der Waals surface area contributed by atoms with Gasteiger partial charge in [0.05, 0.1) is 26.9 Å². The molecule has 0 spiro atoms. The monoisotopic (exact) mass is 484 g/mol. The number of hydrogen-bond donors (Lipinski definition) is 2. The summed E-state index contributed by atoms with van der Waals surface area (Å²) in [7, 11) is 5.00. The molecule has 0 heterocycles. The predicted octanol–water partition coefficient (Wildman–Crippen LogP) is 6.58. The van der Waals surface area contributed by atoms with E-state index in [1.807, 2.05) is 84.9 Å². The maximum Gasteiger partial charge on any atom is 0.169 e. The van der Waals surface area contributed by atoms with Gasteiger partial charge in [0.2, 0.25) is 0 Å². The van der Waals surface area contributed by atoms with Crippen molar-refractivity contribution in [1.29, 1.82) is 0 Å². The third-order valence-corrected chi connectivity index (χ3v) is 5.82. The molecule has 4 aromatic rings. The summed E-state index contributed by atoms with van der Waals surface area (Å²) in [4.78, 5) is 0. The Labute approximate surface area is 212 Å². The molecule has 0 atom stereocenters. The zero-order valence-corrected chi connectivity index (χ0v) is 20.9. The fourth-order valence-corrected chi connectivity index (χ4v) is 4.02. The molecule has 6 heteroatoms. The zero-order valence-electron chi connectivity index (χ0n) is 20.9. The molecule has 0 aromatic heterocycles. The van der Waals surface area contributed by atoms with Crippen LogP contribution in [0.1, 0.15) is 11.1 Å². The maximum absolute atomic E-state index is 6.20. The van der Waals surface area contributed by atoms with Gasteiger partial charge in [0.1, 0.15) is 17.2 Å². The highest BCUT2D eigenvalue weighted by Gasteiger charge is 2.17. The first-order valence-corrected chi connectivity index (χ1v) is 11.9. The van der Waals surface area contributed by atoms with Crippen LogP contribution >= 0.6 is 0 Å². The second-order valence-electron chi connectivity index (χ2n) is 8.13. The van der Waals surface area contributed by atoms with Gasteiger partial charge in [-0.1, -0.05) is 36.4 Å². The third-order valence-electron chi connectivity index (χ3n) is 5.82. The first-order valence-electron chi connectivity index (χ1n) is 11.9. The van der Waals surface area contributed by atoms with E-state index in [1.165, 1.54) is 0 Å². The van der Waals surface area contributed by atoms with Crippen LogP contribution in [0.3, 0.4) is 0 Å². The van der Waals surface area contributed by atoms with Crippen LogP contribution in [0.2, 0.25) is 0 Å². The highest BCUT2D eigenvalue weighted by molar-refractivity contribution is 5.61. The van der Waals surface area contributed by atoms with Crippen molar-refractivity contribution in [1.82, 2.24) is 5.32 Å². The molecule has 6 nitrogen and oxygen atoms in total. The largest absolute Gasteiger partial charge is 0.496 e. The Morgan fingerprint density at radius 1 is 0.611 bits per heavy atom. The van der Waals surface area contributed by atoms with Crippen molar-refractivity contribution < 1.29 is 18.9 Å². The molecular weight excluding hydrogens is 452 g/mol. The van der Waals surface area contributed by atoms with Crippen molar-refractivity contribution in [2.75, 3.05) is 33.2 Å². The summed E-state index contributed by atoms with van der Waals surface area (Å²) in [5.74, 6) is 3.63. The fourth-order valence-electron chi connectivity index (χ4n) is 4.02. The van der Waals surface area contributed by atoms with Crippen LogP contribution in [0, 0.1) is 0 Å². The van der Waals surface area contributed by atoms with Gasteiger partial charge >= 0.3 is 0 Å². The van der Waals surface area contributed by atoms with E-state index in [0.717, 1.165) is 47.0 Å². The number of anilines is 2. The molecule has 0 radical (unpaired) electrons. The first kappa shape index (κ1) is 24.9. The van der Waals surface area contributed by atoms with Gasteiger partial charge in [-0.15, -0.1) is 0 Å². The Kier molecular flexibility index (Phi) is 8.67. The van der Waals surface area contributed by atoms with Gasteiger partial charge < -0.3 is 29.6 Å². The summed E-state index contributed by atoms with van der Waals surface area (Å²) in [5, 5.41) is 6.87. The van der Waals surface area contributed by atoms with Crippen LogP contribution < -0.4 is 29.6 Å². The van der Waals surface area contributed by atoms with Crippen molar-refractivity contribution in [3.63, 3.8) is 0 Å². The average Bonchev–Trinajstić information content (AvgIpc) is 2.93. The van der Waals surface area contributed by atoms with E-state index >= 15 is 0 Å². The number of benzene rings is 4. The number of nitrogens with one attached hydrogen (secondary N) is 2. The molecule has 0 saturated heterocycles. The SMILES string of the molecule is COc1ccccc1CCNCc1c(OC)ccc(Oc2ccc(Nc3ccccc3)cc2)c1OC. The van der Waals surface area contributed by atoms with Crippen molar-refractivity contribution in [3.8, 4) is 28.7 Å². The summed E-state index contributed by atoms with van der Waals surface area (Å²) in [6, 6.07) is 29.7. The number of hydrogen-bond acceptors (Lipinski definition) is 6. The summed E-state index contributed by atoms with van der Waals surface area (Å²) < 4.78 is 23.0. The molecule has 0 amide bonds. The molecule has 2 N–H and O–H groups in total. The maximum atomic E-state index is 6.20. The predicted molar refractivity (Wildman–Crippen MR) is 144 cm³/mol. The minimum atomic E-state index is 0.568. The summed E-state index contributed by atoms with van der Waals surface area (Å²) in [6.07, 6.45) is 0.841. The van der Waals surface area contributed by atoms with Gasteiger partial charge in [0.25, 0.3) is 0 Å². The highest BCUT2D eigenvalue weighted by Crippen LogP contribution is 2.40. The number of ether oxygens (including phenoxy) is 4. The van der Waals surface area contributed by atoms with Gasteiger partial charge in [-0.3, -0.25) is 0 Å². The van der Waals surface area contributed by atoms with Crippen molar-refractivity contribution in [3.05, 3.63) is 102 Å².